The molecule has 1 aromatic heterocycles. The zero-order valence-corrected chi connectivity index (χ0v) is 20.4. The van der Waals surface area contributed by atoms with Crippen molar-refractivity contribution in [1.82, 2.24) is 15.5 Å². The maximum absolute atomic E-state index is 10.4. The molecular weight excluding hydrogens is 426 g/mol. The third kappa shape index (κ3) is 10.0. The Balaban J connectivity index is 1.75. The Morgan fingerprint density at radius 2 is 1.94 bits per heavy atom. The molecule has 9 heteroatoms. The van der Waals surface area contributed by atoms with E-state index in [4.69, 9.17) is 9.47 Å². The second-order valence-corrected chi connectivity index (χ2v) is 9.40. The van der Waals surface area contributed by atoms with Crippen LogP contribution in [0.25, 0.3) is 0 Å². The minimum atomic E-state index is -0.625. The Labute approximate surface area is 195 Å². The highest BCUT2D eigenvalue weighted by molar-refractivity contribution is 7.99. The van der Waals surface area contributed by atoms with E-state index in [1.807, 2.05) is 50.2 Å². The number of ether oxygens (including phenoxy) is 2. The number of thioether (sulfide) groups is 1. The molecule has 1 atom stereocenters. The third-order valence-electron chi connectivity index (χ3n) is 4.39. The minimum Gasteiger partial charge on any atom is -0.491 e. The number of nitrogens with one attached hydrogen (secondary N) is 1. The van der Waals surface area contributed by atoms with Crippen LogP contribution in [-0.2, 0) is 11.2 Å². The molecule has 0 saturated carbocycles. The van der Waals surface area contributed by atoms with Gasteiger partial charge in [-0.25, -0.2) is 0 Å². The van der Waals surface area contributed by atoms with Crippen LogP contribution in [0.1, 0.15) is 33.3 Å². The summed E-state index contributed by atoms with van der Waals surface area (Å²) in [6.45, 7) is 9.37. The maximum Gasteiger partial charge on any atom is 0.196 e. The summed E-state index contributed by atoms with van der Waals surface area (Å²) in [5.74, 6) is 2.06. The molecule has 2 rings (SSSR count). The molecule has 0 radical (unpaired) electrons. The number of benzene rings is 1. The number of β-amino-alcohol motifs (C(OH)–C–C–N with tert-alkyl or cyclic N) is 1. The number of methoxy groups -OCH3 is 1. The fourth-order valence-electron chi connectivity index (χ4n) is 2.63. The van der Waals surface area contributed by atoms with E-state index < -0.39 is 6.10 Å². The first-order valence-corrected chi connectivity index (χ1v) is 11.8. The Morgan fingerprint density at radius 3 is 2.62 bits per heavy atom. The second kappa shape index (κ2) is 13.5. The Morgan fingerprint density at radius 1 is 1.16 bits per heavy atom. The summed E-state index contributed by atoms with van der Waals surface area (Å²) >= 11 is 1.60. The molecule has 0 aliphatic heterocycles. The molecule has 0 aliphatic rings. The normalized spacial score (nSPS) is 13.1. The number of hydrogen-bond acceptors (Lipinski definition) is 9. The van der Waals surface area contributed by atoms with E-state index in [1.54, 1.807) is 18.9 Å². The SMILES string of the molecule is COCCc1ccccc1OCC(O)CNC(C)(C)CSc1ccc(N=NC(C)C)nn1. The number of aliphatic hydroxyl groups is 1. The molecule has 32 heavy (non-hydrogen) atoms. The Bertz CT molecular complexity index is 831. The van der Waals surface area contributed by atoms with Gasteiger partial charge in [0.05, 0.1) is 12.6 Å². The van der Waals surface area contributed by atoms with Crippen LogP contribution in [0.4, 0.5) is 5.82 Å². The van der Waals surface area contributed by atoms with Crippen molar-refractivity contribution in [3.8, 4) is 5.75 Å². The van der Waals surface area contributed by atoms with Gasteiger partial charge in [0, 0.05) is 24.9 Å². The molecule has 2 aromatic rings. The second-order valence-electron chi connectivity index (χ2n) is 8.41. The van der Waals surface area contributed by atoms with Crippen molar-refractivity contribution in [3.63, 3.8) is 0 Å². The number of para-hydroxylation sites is 1. The summed E-state index contributed by atoms with van der Waals surface area (Å²) < 4.78 is 11.0. The average molecular weight is 462 g/mol. The first kappa shape index (κ1) is 26.2. The zero-order chi connectivity index (χ0) is 23.4. The van der Waals surface area contributed by atoms with Crippen molar-refractivity contribution in [1.29, 1.82) is 0 Å². The summed E-state index contributed by atoms with van der Waals surface area (Å²) in [6.07, 6.45) is 0.149. The third-order valence-corrected chi connectivity index (χ3v) is 5.77. The van der Waals surface area contributed by atoms with E-state index in [0.717, 1.165) is 28.5 Å². The fourth-order valence-corrected chi connectivity index (χ4v) is 3.50. The minimum absolute atomic E-state index is 0.129. The molecule has 0 bridgehead atoms. The summed E-state index contributed by atoms with van der Waals surface area (Å²) in [7, 11) is 1.68. The van der Waals surface area contributed by atoms with Crippen molar-refractivity contribution in [3.05, 3.63) is 42.0 Å². The van der Waals surface area contributed by atoms with E-state index in [-0.39, 0.29) is 18.2 Å². The maximum atomic E-state index is 10.4. The lowest BCUT2D eigenvalue weighted by molar-refractivity contribution is 0.0995. The van der Waals surface area contributed by atoms with Crippen LogP contribution < -0.4 is 10.1 Å². The molecule has 0 amide bonds. The number of aromatic nitrogens is 2. The first-order chi connectivity index (χ1) is 15.3. The average Bonchev–Trinajstić information content (AvgIpc) is 2.78. The highest BCUT2D eigenvalue weighted by Gasteiger charge is 2.20. The van der Waals surface area contributed by atoms with Crippen LogP contribution in [0.15, 0.2) is 51.7 Å². The Kier molecular flexibility index (Phi) is 11.0. The topological polar surface area (TPSA) is 101 Å². The van der Waals surface area contributed by atoms with Gasteiger partial charge < -0.3 is 19.9 Å². The molecule has 0 aliphatic carbocycles. The zero-order valence-electron chi connectivity index (χ0n) is 19.6. The van der Waals surface area contributed by atoms with Crippen molar-refractivity contribution >= 4 is 17.6 Å². The molecule has 0 fully saturated rings. The number of rotatable bonds is 14. The van der Waals surface area contributed by atoms with Crippen molar-refractivity contribution in [2.24, 2.45) is 10.2 Å². The number of aliphatic hydroxyl groups excluding tert-OH is 1. The van der Waals surface area contributed by atoms with E-state index in [0.29, 0.717) is 19.0 Å². The van der Waals surface area contributed by atoms with Gasteiger partial charge >= 0.3 is 0 Å². The molecule has 8 nitrogen and oxygen atoms in total. The lowest BCUT2D eigenvalue weighted by Crippen LogP contribution is -2.46. The van der Waals surface area contributed by atoms with Gasteiger partial charge in [-0.05, 0) is 57.9 Å². The molecule has 0 saturated heterocycles. The highest BCUT2D eigenvalue weighted by Crippen LogP contribution is 2.22. The number of nitrogens with zero attached hydrogens (tertiary/aromatic N) is 4. The van der Waals surface area contributed by atoms with E-state index in [9.17, 15) is 5.11 Å². The monoisotopic (exact) mass is 461 g/mol. The lowest BCUT2D eigenvalue weighted by Gasteiger charge is -2.27. The molecular formula is C23H35N5O3S. The van der Waals surface area contributed by atoms with Crippen LogP contribution in [-0.4, -0.2) is 65.6 Å². The molecule has 1 heterocycles. The van der Waals surface area contributed by atoms with Gasteiger partial charge in [-0.3, -0.25) is 0 Å². The lowest BCUT2D eigenvalue weighted by atomic mass is 10.1. The molecule has 176 valence electrons. The van der Waals surface area contributed by atoms with E-state index >= 15 is 0 Å². The molecule has 1 unspecified atom stereocenters. The standard InChI is InChI=1S/C23H35N5O3S/c1-17(2)25-26-21-10-11-22(28-27-21)32-16-23(3,4)24-14-19(29)15-31-20-9-7-6-8-18(20)12-13-30-5/h6-11,17,19,24,29H,12-16H2,1-5H3. The van der Waals surface area contributed by atoms with Crippen LogP contribution in [0, 0.1) is 0 Å². The number of hydrogen-bond donors (Lipinski definition) is 2. The predicted molar refractivity (Wildman–Crippen MR) is 128 cm³/mol. The smallest absolute Gasteiger partial charge is 0.196 e. The summed E-state index contributed by atoms with van der Waals surface area (Å²) in [6, 6.07) is 11.7. The van der Waals surface area contributed by atoms with Gasteiger partial charge in [-0.2, -0.15) is 5.11 Å². The summed E-state index contributed by atoms with van der Waals surface area (Å²) in [4.78, 5) is 0. The largest absolute Gasteiger partial charge is 0.491 e. The molecule has 2 N–H and O–H groups in total. The quantitative estimate of drug-likeness (QED) is 0.323. The van der Waals surface area contributed by atoms with E-state index in [1.165, 1.54) is 0 Å². The molecule has 1 aromatic carbocycles. The highest BCUT2D eigenvalue weighted by atomic mass is 32.2. The first-order valence-electron chi connectivity index (χ1n) is 10.8. The Hall–Kier alpha value is -2.07. The van der Waals surface area contributed by atoms with Crippen molar-refractivity contribution in [2.45, 2.75) is 56.8 Å². The molecule has 0 spiro atoms. The summed E-state index contributed by atoms with van der Waals surface area (Å²) in [5, 5.41) is 31.0. The van der Waals surface area contributed by atoms with Crippen molar-refractivity contribution in [2.75, 3.05) is 32.6 Å². The van der Waals surface area contributed by atoms with E-state index in [2.05, 4.69) is 39.6 Å². The predicted octanol–water partition coefficient (Wildman–Crippen LogP) is 4.06. The van der Waals surface area contributed by atoms with Crippen LogP contribution >= 0.6 is 11.8 Å². The van der Waals surface area contributed by atoms with Crippen molar-refractivity contribution < 1.29 is 14.6 Å². The van der Waals surface area contributed by atoms with Gasteiger partial charge in [0.25, 0.3) is 0 Å². The van der Waals surface area contributed by atoms with Crippen LogP contribution in [0.3, 0.4) is 0 Å². The fraction of sp³-hybridized carbons (Fsp3) is 0.565. The van der Waals surface area contributed by atoms with Gasteiger partial charge in [0.2, 0.25) is 0 Å². The van der Waals surface area contributed by atoms with Gasteiger partial charge in [-0.15, -0.1) is 27.1 Å². The van der Waals surface area contributed by atoms with Gasteiger partial charge in [0.15, 0.2) is 5.82 Å². The van der Waals surface area contributed by atoms with Gasteiger partial charge in [-0.1, -0.05) is 18.2 Å². The van der Waals surface area contributed by atoms with Gasteiger partial charge in [0.1, 0.15) is 23.5 Å². The number of azo groups is 1. The van der Waals surface area contributed by atoms with Crippen LogP contribution in [0.5, 0.6) is 5.75 Å². The van der Waals surface area contributed by atoms with Crippen LogP contribution in [0.2, 0.25) is 0 Å². The summed E-state index contributed by atoms with van der Waals surface area (Å²) in [5.41, 5.74) is 0.865.